The maximum absolute atomic E-state index is 11.1. The lowest BCUT2D eigenvalue weighted by atomic mass is 9.68. The molecule has 4 unspecified atom stereocenters. The van der Waals surface area contributed by atoms with Crippen molar-refractivity contribution in [1.82, 2.24) is 10.3 Å². The van der Waals surface area contributed by atoms with E-state index < -0.39 is 12.2 Å². The highest BCUT2D eigenvalue weighted by molar-refractivity contribution is 5.42. The van der Waals surface area contributed by atoms with Crippen molar-refractivity contribution in [1.29, 1.82) is 0 Å². The molecule has 2 aromatic heterocycles. The average molecular weight is 623 g/mol. The van der Waals surface area contributed by atoms with Gasteiger partial charge in [0.05, 0.1) is 12.7 Å². The van der Waals surface area contributed by atoms with E-state index >= 15 is 0 Å². The maximum atomic E-state index is 11.1. The van der Waals surface area contributed by atoms with Crippen molar-refractivity contribution in [2.75, 3.05) is 19.7 Å². The van der Waals surface area contributed by atoms with Crippen LogP contribution in [0.1, 0.15) is 118 Å². The molecule has 1 aromatic carbocycles. The Bertz CT molecular complexity index is 1330. The van der Waals surface area contributed by atoms with Crippen LogP contribution in [0.4, 0.5) is 0 Å². The van der Waals surface area contributed by atoms with Gasteiger partial charge in [0.15, 0.2) is 11.5 Å². The molecule has 0 bridgehead atoms. The Morgan fingerprint density at radius 2 is 1.84 bits per heavy atom. The largest absolute Gasteiger partial charge is 0.504 e. The van der Waals surface area contributed by atoms with E-state index in [0.717, 1.165) is 48.5 Å². The zero-order valence-electron chi connectivity index (χ0n) is 27.2. The predicted molar refractivity (Wildman–Crippen MR) is 176 cm³/mol. The van der Waals surface area contributed by atoms with Crippen molar-refractivity contribution in [2.45, 2.75) is 116 Å². The van der Waals surface area contributed by atoms with Crippen molar-refractivity contribution in [3.05, 3.63) is 70.4 Å². The van der Waals surface area contributed by atoms with Crippen LogP contribution in [0.15, 0.2) is 40.9 Å². The third-order valence-electron chi connectivity index (χ3n) is 10.3. The standard InChI is InChI=1S/C37H54N2O6/c1-3-4-9-35-28(23-40)18-29(45-35)12-10-26-11-13-33(42)36(17-26)44-24-34(43)32-19-27(21-39-32)30(22-38-20-25(2)41)31-8-7-16-37(31)14-5-6-15-37/h11,13,17-19,21,25,30-31,34,38-43H,3-10,12,14-16,20,22-24H2,1-2H3. The number of aromatic hydroxyl groups is 1. The van der Waals surface area contributed by atoms with Crippen molar-refractivity contribution >= 4 is 0 Å². The fraction of sp³-hybridized carbons (Fsp3) is 0.622. The number of ether oxygens (including phenoxy) is 1. The zero-order valence-corrected chi connectivity index (χ0v) is 27.2. The van der Waals surface area contributed by atoms with Crippen molar-refractivity contribution in [3.8, 4) is 11.5 Å². The van der Waals surface area contributed by atoms with Gasteiger partial charge in [-0.05, 0) is 92.2 Å². The number of aromatic nitrogens is 1. The normalized spacial score (nSPS) is 19.7. The lowest BCUT2D eigenvalue weighted by Crippen LogP contribution is -2.35. The van der Waals surface area contributed by atoms with Crippen molar-refractivity contribution < 1.29 is 29.6 Å². The molecule has 2 heterocycles. The Labute approximate surface area is 268 Å². The smallest absolute Gasteiger partial charge is 0.161 e. The summed E-state index contributed by atoms with van der Waals surface area (Å²) in [6.07, 6.45) is 14.1. The van der Waals surface area contributed by atoms with Crippen LogP contribution in [-0.2, 0) is 25.9 Å². The van der Waals surface area contributed by atoms with Gasteiger partial charge in [-0.2, -0.15) is 0 Å². The molecule has 0 saturated heterocycles. The van der Waals surface area contributed by atoms with E-state index in [1.165, 1.54) is 50.5 Å². The summed E-state index contributed by atoms with van der Waals surface area (Å²) < 4.78 is 12.0. The van der Waals surface area contributed by atoms with Crippen LogP contribution in [0.3, 0.4) is 0 Å². The number of aromatic amines is 1. The Hall–Kier alpha value is -2.78. The minimum Gasteiger partial charge on any atom is -0.504 e. The highest BCUT2D eigenvalue weighted by Gasteiger charge is 2.47. The molecule has 4 atom stereocenters. The first kappa shape index (κ1) is 33.6. The number of phenols is 1. The van der Waals surface area contributed by atoms with Gasteiger partial charge in [0.2, 0.25) is 0 Å². The van der Waals surface area contributed by atoms with E-state index in [-0.39, 0.29) is 19.0 Å². The molecule has 3 aromatic rings. The average Bonchev–Trinajstić information content (AvgIpc) is 3.85. The van der Waals surface area contributed by atoms with Gasteiger partial charge < -0.3 is 39.9 Å². The summed E-state index contributed by atoms with van der Waals surface area (Å²) in [6.45, 7) is 5.31. The number of hydrogen-bond acceptors (Lipinski definition) is 7. The van der Waals surface area contributed by atoms with E-state index in [4.69, 9.17) is 9.15 Å². The zero-order chi connectivity index (χ0) is 31.8. The van der Waals surface area contributed by atoms with Gasteiger partial charge in [0.1, 0.15) is 24.2 Å². The molecule has 2 aliphatic carbocycles. The molecule has 6 N–H and O–H groups in total. The number of rotatable bonds is 17. The molecule has 8 heteroatoms. The van der Waals surface area contributed by atoms with E-state index in [0.29, 0.717) is 48.1 Å². The van der Waals surface area contributed by atoms with E-state index in [1.54, 1.807) is 6.07 Å². The summed E-state index contributed by atoms with van der Waals surface area (Å²) in [7, 11) is 0. The maximum Gasteiger partial charge on any atom is 0.161 e. The van der Waals surface area contributed by atoms with Gasteiger partial charge in [-0.25, -0.2) is 0 Å². The molecular formula is C37H54N2O6. The third kappa shape index (κ3) is 8.33. The van der Waals surface area contributed by atoms with E-state index in [2.05, 4.69) is 23.3 Å². The highest BCUT2D eigenvalue weighted by Crippen LogP contribution is 2.58. The predicted octanol–water partition coefficient (Wildman–Crippen LogP) is 6.46. The van der Waals surface area contributed by atoms with Crippen LogP contribution in [0.2, 0.25) is 0 Å². The van der Waals surface area contributed by atoms with Crippen LogP contribution in [0.25, 0.3) is 0 Å². The number of benzene rings is 1. The minimum absolute atomic E-state index is 0.00804. The summed E-state index contributed by atoms with van der Waals surface area (Å²) in [5, 5.41) is 44.7. The second-order valence-corrected chi connectivity index (χ2v) is 13.6. The monoisotopic (exact) mass is 622 g/mol. The summed E-state index contributed by atoms with van der Waals surface area (Å²) in [4.78, 5) is 3.31. The number of unbranched alkanes of at least 4 members (excludes halogenated alkanes) is 1. The molecule has 8 nitrogen and oxygen atoms in total. The Kier molecular flexibility index (Phi) is 11.7. The molecule has 248 valence electrons. The quantitative estimate of drug-likeness (QED) is 0.102. The summed E-state index contributed by atoms with van der Waals surface area (Å²) >= 11 is 0. The summed E-state index contributed by atoms with van der Waals surface area (Å²) in [6, 6.07) is 9.34. The number of hydrogen-bond donors (Lipinski definition) is 6. The molecule has 0 aliphatic heterocycles. The topological polar surface area (TPSA) is 131 Å². The van der Waals surface area contributed by atoms with Crippen molar-refractivity contribution in [3.63, 3.8) is 0 Å². The summed E-state index contributed by atoms with van der Waals surface area (Å²) in [5.74, 6) is 2.99. The molecule has 2 aliphatic rings. The number of nitrogens with one attached hydrogen (secondary N) is 2. The number of H-pyrrole nitrogens is 1. The molecule has 5 rings (SSSR count). The first-order valence-corrected chi connectivity index (χ1v) is 17.2. The van der Waals surface area contributed by atoms with Gasteiger partial charge in [-0.15, -0.1) is 0 Å². The molecule has 2 saturated carbocycles. The van der Waals surface area contributed by atoms with Gasteiger partial charge in [0, 0.05) is 49.3 Å². The van der Waals surface area contributed by atoms with Crippen molar-refractivity contribution in [2.24, 2.45) is 11.3 Å². The number of aryl methyl sites for hydroxylation is 3. The third-order valence-corrected chi connectivity index (χ3v) is 10.3. The highest BCUT2D eigenvalue weighted by atomic mass is 16.5. The molecular weight excluding hydrogens is 568 g/mol. The van der Waals surface area contributed by atoms with Crippen LogP contribution < -0.4 is 10.1 Å². The van der Waals surface area contributed by atoms with Gasteiger partial charge in [-0.3, -0.25) is 0 Å². The second-order valence-electron chi connectivity index (χ2n) is 13.6. The fourth-order valence-electron chi connectivity index (χ4n) is 7.96. The molecule has 0 radical (unpaired) electrons. The number of aliphatic hydroxyl groups excluding tert-OH is 3. The SMILES string of the molecule is CCCCc1oc(CCc2ccc(O)c(OCC(O)c3cc(C(CNCC(C)O)C4CCCC45CCCC5)c[nH]3)c2)cc1CO. The second kappa shape index (κ2) is 15.7. The van der Waals surface area contributed by atoms with Gasteiger partial charge in [-0.1, -0.05) is 38.7 Å². The van der Waals surface area contributed by atoms with Gasteiger partial charge >= 0.3 is 0 Å². The van der Waals surface area contributed by atoms with Crippen LogP contribution in [-0.4, -0.2) is 51.2 Å². The van der Waals surface area contributed by atoms with Crippen LogP contribution in [0.5, 0.6) is 11.5 Å². The van der Waals surface area contributed by atoms with Crippen LogP contribution >= 0.6 is 0 Å². The Morgan fingerprint density at radius 3 is 2.60 bits per heavy atom. The number of aliphatic hydroxyl groups is 3. The molecule has 1 spiro atoms. The number of furan rings is 1. The number of phenolic OH excluding ortho intramolecular Hbond substituents is 1. The molecule has 45 heavy (non-hydrogen) atoms. The molecule has 2 fully saturated rings. The first-order chi connectivity index (χ1) is 21.8. The Morgan fingerprint density at radius 1 is 1.04 bits per heavy atom. The van der Waals surface area contributed by atoms with Gasteiger partial charge in [0.25, 0.3) is 0 Å². The summed E-state index contributed by atoms with van der Waals surface area (Å²) in [5.41, 5.74) is 4.18. The first-order valence-electron chi connectivity index (χ1n) is 17.2. The van der Waals surface area contributed by atoms with Crippen LogP contribution in [0, 0.1) is 11.3 Å². The van der Waals surface area contributed by atoms with E-state index in [9.17, 15) is 20.4 Å². The van der Waals surface area contributed by atoms with E-state index in [1.807, 2.05) is 31.3 Å². The Balaban J connectivity index is 1.21. The minimum atomic E-state index is -0.876. The lowest BCUT2D eigenvalue weighted by Gasteiger charge is -2.37. The lowest BCUT2D eigenvalue weighted by molar-refractivity contribution is 0.103. The molecule has 0 amide bonds. The fourth-order valence-corrected chi connectivity index (χ4v) is 7.96.